The molecule has 0 saturated heterocycles. The zero-order chi connectivity index (χ0) is 12.0. The Morgan fingerprint density at radius 3 is 2.53 bits per heavy atom. The zero-order valence-electron chi connectivity index (χ0n) is 10.1. The summed E-state index contributed by atoms with van der Waals surface area (Å²) in [5, 5.41) is 10.2. The van der Waals surface area contributed by atoms with Gasteiger partial charge in [0.05, 0.1) is 5.60 Å². The van der Waals surface area contributed by atoms with E-state index in [0.717, 1.165) is 31.4 Å². The average molecular weight is 232 g/mol. The van der Waals surface area contributed by atoms with Crippen molar-refractivity contribution in [2.45, 2.75) is 37.7 Å². The molecule has 2 nitrogen and oxygen atoms in total. The van der Waals surface area contributed by atoms with E-state index in [1.54, 1.807) is 0 Å². The molecule has 0 aromatic heterocycles. The van der Waals surface area contributed by atoms with Gasteiger partial charge in [0.2, 0.25) is 0 Å². The summed E-state index contributed by atoms with van der Waals surface area (Å²) in [6.07, 6.45) is 9.11. The normalized spacial score (nSPS) is 19.4. The molecule has 2 rings (SSSR count). The van der Waals surface area contributed by atoms with Crippen LogP contribution in [-0.4, -0.2) is 17.3 Å². The quantitative estimate of drug-likeness (QED) is 0.807. The maximum atomic E-state index is 10.2. The Hall–Kier alpha value is -1.28. The Kier molecular flexibility index (Phi) is 4.21. The standard InChI is InChI=1S/C15H20O2/c16-15(10-5-2-6-11-15)12-7-13-17-14-8-3-1-4-9-14/h1,3-4,7-9,12,16H,2,5-6,10-11,13H2/b12-7-. The van der Waals surface area contributed by atoms with E-state index in [2.05, 4.69) is 0 Å². The van der Waals surface area contributed by atoms with Crippen molar-refractivity contribution in [2.24, 2.45) is 0 Å². The van der Waals surface area contributed by atoms with Crippen molar-refractivity contribution in [2.75, 3.05) is 6.61 Å². The van der Waals surface area contributed by atoms with Crippen LogP contribution in [-0.2, 0) is 0 Å². The Balaban J connectivity index is 1.77. The first-order chi connectivity index (χ1) is 8.29. The predicted octanol–water partition coefficient (Wildman–Crippen LogP) is 3.32. The van der Waals surface area contributed by atoms with E-state index in [-0.39, 0.29) is 0 Å². The first kappa shape index (κ1) is 12.2. The van der Waals surface area contributed by atoms with Gasteiger partial charge in [0.15, 0.2) is 0 Å². The van der Waals surface area contributed by atoms with Gasteiger partial charge in [-0.05, 0) is 31.1 Å². The third-order valence-electron chi connectivity index (χ3n) is 3.24. The van der Waals surface area contributed by atoms with Crippen LogP contribution in [0.4, 0.5) is 0 Å². The van der Waals surface area contributed by atoms with Crippen LogP contribution in [0, 0.1) is 0 Å². The summed E-state index contributed by atoms with van der Waals surface area (Å²) in [5.74, 6) is 0.868. The second-order valence-electron chi connectivity index (χ2n) is 4.69. The fraction of sp³-hybridized carbons (Fsp3) is 0.467. The fourth-order valence-electron chi connectivity index (χ4n) is 2.26. The largest absolute Gasteiger partial charge is 0.490 e. The topological polar surface area (TPSA) is 29.5 Å². The summed E-state index contributed by atoms with van der Waals surface area (Å²) in [6, 6.07) is 9.74. The summed E-state index contributed by atoms with van der Waals surface area (Å²) in [7, 11) is 0. The zero-order valence-corrected chi connectivity index (χ0v) is 10.1. The minimum absolute atomic E-state index is 0.520. The highest BCUT2D eigenvalue weighted by molar-refractivity contribution is 5.21. The first-order valence-corrected chi connectivity index (χ1v) is 6.36. The number of rotatable bonds is 4. The van der Waals surface area contributed by atoms with Crippen LogP contribution in [0.3, 0.4) is 0 Å². The highest BCUT2D eigenvalue weighted by atomic mass is 16.5. The van der Waals surface area contributed by atoms with Crippen LogP contribution < -0.4 is 4.74 Å². The second kappa shape index (κ2) is 5.87. The number of benzene rings is 1. The number of para-hydroxylation sites is 1. The van der Waals surface area contributed by atoms with Crippen molar-refractivity contribution in [3.63, 3.8) is 0 Å². The van der Waals surface area contributed by atoms with Crippen LogP contribution >= 0.6 is 0 Å². The molecule has 0 aliphatic heterocycles. The van der Waals surface area contributed by atoms with Gasteiger partial charge in [-0.2, -0.15) is 0 Å². The molecule has 1 aromatic carbocycles. The smallest absolute Gasteiger partial charge is 0.119 e. The van der Waals surface area contributed by atoms with Gasteiger partial charge in [-0.25, -0.2) is 0 Å². The molecule has 2 heteroatoms. The van der Waals surface area contributed by atoms with E-state index in [1.807, 2.05) is 42.5 Å². The lowest BCUT2D eigenvalue weighted by molar-refractivity contribution is 0.0508. The van der Waals surface area contributed by atoms with E-state index < -0.39 is 5.60 Å². The van der Waals surface area contributed by atoms with E-state index in [4.69, 9.17) is 4.74 Å². The molecule has 1 fully saturated rings. The monoisotopic (exact) mass is 232 g/mol. The van der Waals surface area contributed by atoms with Crippen LogP contribution in [0.5, 0.6) is 5.75 Å². The van der Waals surface area contributed by atoms with E-state index in [9.17, 15) is 5.11 Å². The highest BCUT2D eigenvalue weighted by Crippen LogP contribution is 2.28. The molecule has 0 bridgehead atoms. The molecule has 17 heavy (non-hydrogen) atoms. The van der Waals surface area contributed by atoms with Gasteiger partial charge in [-0.1, -0.05) is 43.5 Å². The van der Waals surface area contributed by atoms with Crippen LogP contribution in [0.25, 0.3) is 0 Å². The van der Waals surface area contributed by atoms with E-state index >= 15 is 0 Å². The van der Waals surface area contributed by atoms with E-state index in [0.29, 0.717) is 6.61 Å². The number of hydrogen-bond acceptors (Lipinski definition) is 2. The minimum Gasteiger partial charge on any atom is -0.490 e. The maximum absolute atomic E-state index is 10.2. The Morgan fingerprint density at radius 2 is 1.82 bits per heavy atom. The summed E-state index contributed by atoms with van der Waals surface area (Å²) in [6.45, 7) is 0.520. The summed E-state index contributed by atoms with van der Waals surface area (Å²) in [5.41, 5.74) is -0.585. The number of aliphatic hydroxyl groups is 1. The van der Waals surface area contributed by atoms with Gasteiger partial charge in [0.25, 0.3) is 0 Å². The summed E-state index contributed by atoms with van der Waals surface area (Å²) >= 11 is 0. The minimum atomic E-state index is -0.585. The fourth-order valence-corrected chi connectivity index (χ4v) is 2.26. The lowest BCUT2D eigenvalue weighted by Gasteiger charge is -2.28. The van der Waals surface area contributed by atoms with Gasteiger partial charge in [-0.15, -0.1) is 0 Å². The lowest BCUT2D eigenvalue weighted by Crippen LogP contribution is -2.28. The van der Waals surface area contributed by atoms with Crippen LogP contribution in [0.1, 0.15) is 32.1 Å². The number of ether oxygens (including phenoxy) is 1. The molecule has 1 N–H and O–H groups in total. The molecule has 0 radical (unpaired) electrons. The molecule has 1 aliphatic rings. The maximum Gasteiger partial charge on any atom is 0.119 e. The molecule has 1 saturated carbocycles. The predicted molar refractivity (Wildman–Crippen MR) is 69.1 cm³/mol. The highest BCUT2D eigenvalue weighted by Gasteiger charge is 2.25. The van der Waals surface area contributed by atoms with Crippen molar-refractivity contribution in [1.82, 2.24) is 0 Å². The summed E-state index contributed by atoms with van der Waals surface area (Å²) in [4.78, 5) is 0. The van der Waals surface area contributed by atoms with Gasteiger partial charge < -0.3 is 9.84 Å². The molecule has 0 unspecified atom stereocenters. The molecule has 92 valence electrons. The second-order valence-corrected chi connectivity index (χ2v) is 4.69. The third kappa shape index (κ3) is 3.90. The molecule has 0 atom stereocenters. The summed E-state index contributed by atoms with van der Waals surface area (Å²) < 4.78 is 5.54. The third-order valence-corrected chi connectivity index (χ3v) is 3.24. The van der Waals surface area contributed by atoms with Gasteiger partial charge >= 0.3 is 0 Å². The van der Waals surface area contributed by atoms with Gasteiger partial charge in [0, 0.05) is 0 Å². The van der Waals surface area contributed by atoms with Crippen molar-refractivity contribution in [1.29, 1.82) is 0 Å². The van der Waals surface area contributed by atoms with Gasteiger partial charge in [0.1, 0.15) is 12.4 Å². The molecular weight excluding hydrogens is 212 g/mol. The molecule has 0 heterocycles. The molecule has 1 aromatic rings. The van der Waals surface area contributed by atoms with Crippen LogP contribution in [0.15, 0.2) is 42.5 Å². The Labute approximate surface area is 103 Å². The SMILES string of the molecule is OC1(/C=C\COc2ccccc2)CCCCC1. The molecule has 0 amide bonds. The van der Waals surface area contributed by atoms with E-state index in [1.165, 1.54) is 6.42 Å². The van der Waals surface area contributed by atoms with Crippen molar-refractivity contribution >= 4 is 0 Å². The van der Waals surface area contributed by atoms with Crippen molar-refractivity contribution in [3.8, 4) is 5.75 Å². The van der Waals surface area contributed by atoms with Crippen molar-refractivity contribution in [3.05, 3.63) is 42.5 Å². The molecule has 1 aliphatic carbocycles. The average Bonchev–Trinajstić information content (AvgIpc) is 2.37. The lowest BCUT2D eigenvalue weighted by atomic mass is 9.85. The first-order valence-electron chi connectivity index (χ1n) is 6.36. The Morgan fingerprint density at radius 1 is 1.12 bits per heavy atom. The Bertz CT molecular complexity index is 350. The molecular formula is C15H20O2. The van der Waals surface area contributed by atoms with Crippen molar-refractivity contribution < 1.29 is 9.84 Å². The van der Waals surface area contributed by atoms with Gasteiger partial charge in [-0.3, -0.25) is 0 Å². The number of hydrogen-bond donors (Lipinski definition) is 1. The molecule has 0 spiro atoms. The van der Waals surface area contributed by atoms with Crippen LogP contribution in [0.2, 0.25) is 0 Å².